The first-order chi connectivity index (χ1) is 10.6. The molecule has 9 heteroatoms. The maximum Gasteiger partial charge on any atom is 0.271 e. The van der Waals surface area contributed by atoms with Crippen molar-refractivity contribution >= 4 is 15.9 Å². The second kappa shape index (κ2) is 5.93. The van der Waals surface area contributed by atoms with Crippen molar-refractivity contribution in [2.24, 2.45) is 0 Å². The van der Waals surface area contributed by atoms with E-state index in [0.717, 1.165) is 0 Å². The molecule has 8 nitrogen and oxygen atoms in total. The Bertz CT molecular complexity index is 751. The zero-order valence-corrected chi connectivity index (χ0v) is 12.6. The Morgan fingerprint density at radius 3 is 3.05 bits per heavy atom. The van der Waals surface area contributed by atoms with Crippen LogP contribution in [0.5, 0.6) is 0 Å². The molecule has 1 aliphatic heterocycles. The summed E-state index contributed by atoms with van der Waals surface area (Å²) in [5, 5.41) is 9.31. The molecular formula is C13H16N4O4S. The zero-order chi connectivity index (χ0) is 15.6. The maximum atomic E-state index is 12.0. The number of sulfonamides is 1. The van der Waals surface area contributed by atoms with E-state index in [1.54, 1.807) is 18.2 Å². The lowest BCUT2D eigenvalue weighted by Crippen LogP contribution is -2.36. The summed E-state index contributed by atoms with van der Waals surface area (Å²) in [7, 11) is -3.13. The molecule has 118 valence electrons. The van der Waals surface area contributed by atoms with Gasteiger partial charge in [-0.2, -0.15) is 5.10 Å². The van der Waals surface area contributed by atoms with Crippen LogP contribution in [0.3, 0.4) is 0 Å². The van der Waals surface area contributed by atoms with E-state index in [1.165, 1.54) is 10.6 Å². The van der Waals surface area contributed by atoms with Gasteiger partial charge in [0.2, 0.25) is 10.0 Å². The molecule has 0 saturated carbocycles. The van der Waals surface area contributed by atoms with Gasteiger partial charge >= 0.3 is 0 Å². The summed E-state index contributed by atoms with van der Waals surface area (Å²) in [4.78, 5) is 12.0. The molecule has 0 aromatic carbocycles. The fraction of sp³-hybridized carbons (Fsp3) is 0.385. The second-order valence-corrected chi connectivity index (χ2v) is 7.06. The minimum absolute atomic E-state index is 0.187. The molecule has 0 radical (unpaired) electrons. The summed E-state index contributed by atoms with van der Waals surface area (Å²) in [6.45, 7) is 1.05. The number of amides is 1. The van der Waals surface area contributed by atoms with E-state index in [-0.39, 0.29) is 30.4 Å². The molecule has 1 fully saturated rings. The van der Waals surface area contributed by atoms with Crippen molar-refractivity contribution in [3.8, 4) is 11.5 Å². The third kappa shape index (κ3) is 3.04. The largest absolute Gasteiger partial charge is 0.463 e. The summed E-state index contributed by atoms with van der Waals surface area (Å²) in [6.07, 6.45) is 2.18. The smallest absolute Gasteiger partial charge is 0.271 e. The number of carbonyl (C=O) groups excluding carboxylic acids is 1. The molecule has 1 amide bonds. The van der Waals surface area contributed by atoms with Gasteiger partial charge in [0.25, 0.3) is 5.91 Å². The summed E-state index contributed by atoms with van der Waals surface area (Å²) >= 11 is 0. The van der Waals surface area contributed by atoms with Crippen LogP contribution in [0.4, 0.5) is 0 Å². The summed E-state index contributed by atoms with van der Waals surface area (Å²) < 4.78 is 29.9. The van der Waals surface area contributed by atoms with Gasteiger partial charge in [0.05, 0.1) is 12.0 Å². The molecule has 0 atom stereocenters. The van der Waals surface area contributed by atoms with Crippen LogP contribution in [0.25, 0.3) is 11.5 Å². The highest BCUT2D eigenvalue weighted by molar-refractivity contribution is 7.89. The Hall–Kier alpha value is -2.13. The monoisotopic (exact) mass is 324 g/mol. The third-order valence-electron chi connectivity index (χ3n) is 3.45. The Kier molecular flexibility index (Phi) is 3.99. The van der Waals surface area contributed by atoms with Crippen molar-refractivity contribution in [1.82, 2.24) is 19.8 Å². The third-order valence-corrected chi connectivity index (χ3v) is 5.40. The lowest BCUT2D eigenvalue weighted by molar-refractivity contribution is 0.0947. The molecule has 0 unspecified atom stereocenters. The van der Waals surface area contributed by atoms with Gasteiger partial charge in [0.1, 0.15) is 5.69 Å². The van der Waals surface area contributed by atoms with Gasteiger partial charge in [0.15, 0.2) is 11.5 Å². The van der Waals surface area contributed by atoms with E-state index in [1.807, 2.05) is 0 Å². The van der Waals surface area contributed by atoms with E-state index in [2.05, 4.69) is 15.5 Å². The van der Waals surface area contributed by atoms with Gasteiger partial charge in [0, 0.05) is 25.7 Å². The Labute approximate surface area is 127 Å². The van der Waals surface area contributed by atoms with Crippen molar-refractivity contribution in [2.75, 3.05) is 25.4 Å². The number of aromatic amines is 1. The normalized spacial score (nSPS) is 17.6. The van der Waals surface area contributed by atoms with E-state index in [4.69, 9.17) is 4.42 Å². The standard InChI is InChI=1S/C13H16N4O4S/c18-13(14-4-6-17-5-2-8-22(17,19)20)11-9-10(15-16-11)12-3-1-7-21-12/h1,3,7,9H,2,4-6,8H2,(H,14,18)(H,15,16). The fourth-order valence-corrected chi connectivity index (χ4v) is 3.85. The topological polar surface area (TPSA) is 108 Å². The Morgan fingerprint density at radius 1 is 1.50 bits per heavy atom. The van der Waals surface area contributed by atoms with Crippen molar-refractivity contribution in [3.63, 3.8) is 0 Å². The maximum absolute atomic E-state index is 12.0. The number of hydrogen-bond donors (Lipinski definition) is 2. The van der Waals surface area contributed by atoms with Crippen LogP contribution in [-0.2, 0) is 10.0 Å². The molecule has 22 heavy (non-hydrogen) atoms. The molecular weight excluding hydrogens is 308 g/mol. The molecule has 3 heterocycles. The number of nitrogens with one attached hydrogen (secondary N) is 2. The van der Waals surface area contributed by atoms with Crippen LogP contribution in [0, 0.1) is 0 Å². The fourth-order valence-electron chi connectivity index (χ4n) is 2.32. The SMILES string of the molecule is O=C(NCCN1CCCS1(=O)=O)c1cc(-c2ccco2)[nH]n1. The van der Waals surface area contributed by atoms with Crippen LogP contribution in [0.2, 0.25) is 0 Å². The first-order valence-electron chi connectivity index (χ1n) is 6.91. The molecule has 1 saturated heterocycles. The van der Waals surface area contributed by atoms with E-state index in [9.17, 15) is 13.2 Å². The number of furan rings is 1. The van der Waals surface area contributed by atoms with Crippen molar-refractivity contribution in [2.45, 2.75) is 6.42 Å². The van der Waals surface area contributed by atoms with Crippen LogP contribution in [0.15, 0.2) is 28.9 Å². The van der Waals surface area contributed by atoms with Crippen molar-refractivity contribution in [3.05, 3.63) is 30.2 Å². The van der Waals surface area contributed by atoms with Gasteiger partial charge in [-0.05, 0) is 18.6 Å². The Balaban J connectivity index is 1.54. The molecule has 1 aliphatic rings. The molecule has 2 aromatic heterocycles. The van der Waals surface area contributed by atoms with Crippen molar-refractivity contribution < 1.29 is 17.6 Å². The summed E-state index contributed by atoms with van der Waals surface area (Å²) in [5.41, 5.74) is 0.841. The molecule has 2 aromatic rings. The van der Waals surface area contributed by atoms with Gasteiger partial charge < -0.3 is 9.73 Å². The average molecular weight is 324 g/mol. The average Bonchev–Trinajstić information content (AvgIpc) is 3.18. The van der Waals surface area contributed by atoms with Crippen LogP contribution in [0.1, 0.15) is 16.9 Å². The van der Waals surface area contributed by atoms with Gasteiger partial charge in [-0.3, -0.25) is 9.89 Å². The number of aromatic nitrogens is 2. The predicted octanol–water partition coefficient (Wildman–Crippen LogP) is 0.435. The van der Waals surface area contributed by atoms with Crippen molar-refractivity contribution in [1.29, 1.82) is 0 Å². The van der Waals surface area contributed by atoms with E-state index >= 15 is 0 Å². The highest BCUT2D eigenvalue weighted by Crippen LogP contribution is 2.17. The first kappa shape index (κ1) is 14.8. The van der Waals surface area contributed by atoms with Crippen LogP contribution >= 0.6 is 0 Å². The van der Waals surface area contributed by atoms with Gasteiger partial charge in [-0.1, -0.05) is 0 Å². The van der Waals surface area contributed by atoms with Crippen LogP contribution < -0.4 is 5.32 Å². The molecule has 2 N–H and O–H groups in total. The summed E-state index contributed by atoms with van der Waals surface area (Å²) in [6, 6.07) is 5.08. The summed E-state index contributed by atoms with van der Waals surface area (Å²) in [5.74, 6) is 0.424. The lowest BCUT2D eigenvalue weighted by atomic mass is 10.3. The highest BCUT2D eigenvalue weighted by atomic mass is 32.2. The highest BCUT2D eigenvalue weighted by Gasteiger charge is 2.27. The first-order valence-corrected chi connectivity index (χ1v) is 8.52. The van der Waals surface area contributed by atoms with E-state index in [0.29, 0.717) is 24.4 Å². The number of nitrogens with zero attached hydrogens (tertiary/aromatic N) is 2. The lowest BCUT2D eigenvalue weighted by Gasteiger charge is -2.13. The molecule has 3 rings (SSSR count). The molecule has 0 bridgehead atoms. The quantitative estimate of drug-likeness (QED) is 0.829. The Morgan fingerprint density at radius 2 is 2.36 bits per heavy atom. The number of rotatable bonds is 5. The minimum Gasteiger partial charge on any atom is -0.463 e. The number of hydrogen-bond acceptors (Lipinski definition) is 5. The number of carbonyl (C=O) groups is 1. The van der Waals surface area contributed by atoms with E-state index < -0.39 is 10.0 Å². The number of H-pyrrole nitrogens is 1. The molecule has 0 aliphatic carbocycles. The van der Waals surface area contributed by atoms with Gasteiger partial charge in [-0.25, -0.2) is 12.7 Å². The molecule has 0 spiro atoms. The minimum atomic E-state index is -3.13. The zero-order valence-electron chi connectivity index (χ0n) is 11.8. The second-order valence-electron chi connectivity index (χ2n) is 4.97. The van der Waals surface area contributed by atoms with Gasteiger partial charge in [-0.15, -0.1) is 0 Å². The predicted molar refractivity (Wildman–Crippen MR) is 78.6 cm³/mol. The van der Waals surface area contributed by atoms with Crippen LogP contribution in [-0.4, -0.2) is 54.2 Å².